The van der Waals surface area contributed by atoms with E-state index in [-0.39, 0.29) is 11.3 Å². The number of nitrogens with one attached hydrogen (secondary N) is 1. The van der Waals surface area contributed by atoms with Gasteiger partial charge in [0.1, 0.15) is 0 Å². The lowest BCUT2D eigenvalue weighted by molar-refractivity contribution is -0.386. The highest BCUT2D eigenvalue weighted by Gasteiger charge is 2.23. The van der Waals surface area contributed by atoms with E-state index in [2.05, 4.69) is 10.1 Å². The Balaban J connectivity index is 1.99. The van der Waals surface area contributed by atoms with Gasteiger partial charge in [-0.05, 0) is 31.0 Å². The second kappa shape index (κ2) is 9.33. The van der Waals surface area contributed by atoms with Crippen molar-refractivity contribution in [3.8, 4) is 5.75 Å². The molecule has 2 rings (SSSR count). The van der Waals surface area contributed by atoms with Gasteiger partial charge in [0.15, 0.2) is 11.9 Å². The van der Waals surface area contributed by atoms with E-state index in [0.29, 0.717) is 13.0 Å². The highest BCUT2D eigenvalue weighted by molar-refractivity contribution is 5.90. The molecule has 8 nitrogen and oxygen atoms in total. The van der Waals surface area contributed by atoms with Gasteiger partial charge in [0.25, 0.3) is 5.91 Å². The van der Waals surface area contributed by atoms with Crippen LogP contribution in [0.3, 0.4) is 0 Å². The van der Waals surface area contributed by atoms with Crippen molar-refractivity contribution >= 4 is 17.6 Å². The minimum absolute atomic E-state index is 0.0246. The van der Waals surface area contributed by atoms with Crippen LogP contribution in [0.15, 0.2) is 48.5 Å². The minimum atomic E-state index is -0.941. The maximum atomic E-state index is 12.2. The number of ether oxygens (including phenoxy) is 2. The average molecular weight is 372 g/mol. The summed E-state index contributed by atoms with van der Waals surface area (Å²) < 4.78 is 9.98. The fourth-order valence-corrected chi connectivity index (χ4v) is 2.37. The molecule has 2 aromatic carbocycles. The van der Waals surface area contributed by atoms with Crippen LogP contribution >= 0.6 is 0 Å². The van der Waals surface area contributed by atoms with Crippen LogP contribution in [0.25, 0.3) is 0 Å². The van der Waals surface area contributed by atoms with E-state index in [1.165, 1.54) is 26.2 Å². The number of benzene rings is 2. The summed E-state index contributed by atoms with van der Waals surface area (Å²) in [6.07, 6.45) is -0.281. The van der Waals surface area contributed by atoms with Crippen LogP contribution < -0.4 is 10.1 Å². The highest BCUT2D eigenvalue weighted by atomic mass is 16.6. The Morgan fingerprint density at radius 3 is 2.52 bits per heavy atom. The van der Waals surface area contributed by atoms with E-state index in [1.807, 2.05) is 30.3 Å². The number of nitro benzene ring substituents is 1. The molecule has 0 spiro atoms. The Kier molecular flexibility index (Phi) is 6.87. The first-order valence-electron chi connectivity index (χ1n) is 8.27. The van der Waals surface area contributed by atoms with Crippen LogP contribution in [0.2, 0.25) is 0 Å². The molecule has 0 saturated heterocycles. The summed E-state index contributed by atoms with van der Waals surface area (Å²) in [5.41, 5.74) is 0.693. The minimum Gasteiger partial charge on any atom is -0.474 e. The molecule has 8 heteroatoms. The molecule has 142 valence electrons. The Bertz CT molecular complexity index is 822. The van der Waals surface area contributed by atoms with Gasteiger partial charge in [-0.2, -0.15) is 0 Å². The molecule has 0 fully saturated rings. The molecule has 0 saturated carbocycles. The van der Waals surface area contributed by atoms with Crippen molar-refractivity contribution in [3.05, 3.63) is 69.8 Å². The van der Waals surface area contributed by atoms with Crippen LogP contribution in [-0.2, 0) is 16.0 Å². The van der Waals surface area contributed by atoms with Crippen molar-refractivity contribution in [1.29, 1.82) is 0 Å². The fraction of sp³-hybridized carbons (Fsp3) is 0.263. The standard InChI is InChI=1S/C19H20N2O6/c1-13(18(22)20-11-10-14-6-4-3-5-7-14)27-17-9-8-15(19(23)26-2)12-16(17)21(24)25/h3-9,12-13H,10-11H2,1-2H3,(H,20,22)/t13-/m0/s1. The molecule has 0 bridgehead atoms. The van der Waals surface area contributed by atoms with Crippen LogP contribution in [-0.4, -0.2) is 36.6 Å². The van der Waals surface area contributed by atoms with Gasteiger partial charge in [-0.15, -0.1) is 0 Å². The average Bonchev–Trinajstić information content (AvgIpc) is 2.68. The largest absolute Gasteiger partial charge is 0.474 e. The van der Waals surface area contributed by atoms with E-state index in [9.17, 15) is 19.7 Å². The van der Waals surface area contributed by atoms with Gasteiger partial charge >= 0.3 is 11.7 Å². The van der Waals surface area contributed by atoms with E-state index in [4.69, 9.17) is 4.74 Å². The van der Waals surface area contributed by atoms with E-state index < -0.39 is 28.6 Å². The third kappa shape index (κ3) is 5.53. The summed E-state index contributed by atoms with van der Waals surface area (Å²) in [5.74, 6) is -1.19. The molecule has 27 heavy (non-hydrogen) atoms. The molecule has 2 aromatic rings. The molecule has 0 radical (unpaired) electrons. The number of esters is 1. The first-order chi connectivity index (χ1) is 12.9. The predicted octanol–water partition coefficient (Wildman–Crippen LogP) is 2.51. The number of carbonyl (C=O) groups is 2. The second-order valence-corrected chi connectivity index (χ2v) is 5.72. The Morgan fingerprint density at radius 2 is 1.89 bits per heavy atom. The van der Waals surface area contributed by atoms with E-state index >= 15 is 0 Å². The van der Waals surface area contributed by atoms with Crippen LogP contribution in [0.1, 0.15) is 22.8 Å². The molecule has 0 heterocycles. The van der Waals surface area contributed by atoms with Crippen molar-refractivity contribution in [2.45, 2.75) is 19.4 Å². The Labute approximate surface area is 156 Å². The van der Waals surface area contributed by atoms with Gasteiger partial charge in [0.05, 0.1) is 17.6 Å². The molecule has 0 aliphatic carbocycles. The first kappa shape index (κ1) is 19.9. The lowest BCUT2D eigenvalue weighted by Gasteiger charge is -2.15. The summed E-state index contributed by atoms with van der Waals surface area (Å²) in [6, 6.07) is 13.3. The number of methoxy groups -OCH3 is 1. The lowest BCUT2D eigenvalue weighted by atomic mass is 10.1. The summed E-state index contributed by atoms with van der Waals surface area (Å²) in [6.45, 7) is 1.91. The molecule has 1 atom stereocenters. The molecular weight excluding hydrogens is 352 g/mol. The number of rotatable bonds is 8. The Morgan fingerprint density at radius 1 is 1.19 bits per heavy atom. The molecule has 0 aromatic heterocycles. The van der Waals surface area contributed by atoms with Crippen molar-refractivity contribution in [3.63, 3.8) is 0 Å². The van der Waals surface area contributed by atoms with Crippen LogP contribution in [0.5, 0.6) is 5.75 Å². The van der Waals surface area contributed by atoms with Crippen LogP contribution in [0, 0.1) is 10.1 Å². The van der Waals surface area contributed by atoms with Crippen molar-refractivity contribution < 1.29 is 24.0 Å². The van der Waals surface area contributed by atoms with E-state index in [1.54, 1.807) is 0 Å². The van der Waals surface area contributed by atoms with Gasteiger partial charge < -0.3 is 14.8 Å². The zero-order chi connectivity index (χ0) is 19.8. The number of nitro groups is 1. The summed E-state index contributed by atoms with van der Waals surface area (Å²) in [7, 11) is 1.18. The number of carbonyl (C=O) groups excluding carboxylic acids is 2. The van der Waals surface area contributed by atoms with Gasteiger partial charge in [-0.1, -0.05) is 30.3 Å². The van der Waals surface area contributed by atoms with Gasteiger partial charge in [0.2, 0.25) is 0 Å². The smallest absolute Gasteiger partial charge is 0.338 e. The van der Waals surface area contributed by atoms with Gasteiger partial charge in [0, 0.05) is 12.6 Å². The highest BCUT2D eigenvalue weighted by Crippen LogP contribution is 2.29. The molecule has 0 unspecified atom stereocenters. The Hall–Kier alpha value is -3.42. The molecule has 1 amide bonds. The predicted molar refractivity (Wildman–Crippen MR) is 97.7 cm³/mol. The lowest BCUT2D eigenvalue weighted by Crippen LogP contribution is -2.37. The SMILES string of the molecule is COC(=O)c1ccc(O[C@@H](C)C(=O)NCCc2ccccc2)c([N+](=O)[O-])c1. The molecule has 0 aliphatic rings. The van der Waals surface area contributed by atoms with Crippen LogP contribution in [0.4, 0.5) is 5.69 Å². The van der Waals surface area contributed by atoms with Crippen molar-refractivity contribution in [2.75, 3.05) is 13.7 Å². The third-order valence-corrected chi connectivity index (χ3v) is 3.81. The molecule has 0 aliphatic heterocycles. The zero-order valence-corrected chi connectivity index (χ0v) is 15.0. The molecule has 1 N–H and O–H groups in total. The monoisotopic (exact) mass is 372 g/mol. The van der Waals surface area contributed by atoms with Gasteiger partial charge in [-0.25, -0.2) is 4.79 Å². The first-order valence-corrected chi connectivity index (χ1v) is 8.27. The zero-order valence-electron chi connectivity index (χ0n) is 15.0. The number of hydrogen-bond acceptors (Lipinski definition) is 6. The summed E-state index contributed by atoms with van der Waals surface area (Å²) in [5, 5.41) is 14.0. The summed E-state index contributed by atoms with van der Waals surface area (Å²) >= 11 is 0. The van der Waals surface area contributed by atoms with Crippen molar-refractivity contribution in [1.82, 2.24) is 5.32 Å². The van der Waals surface area contributed by atoms with Gasteiger partial charge in [-0.3, -0.25) is 14.9 Å². The number of amides is 1. The normalized spacial score (nSPS) is 11.3. The third-order valence-electron chi connectivity index (χ3n) is 3.81. The topological polar surface area (TPSA) is 108 Å². The number of nitrogens with zero attached hydrogens (tertiary/aromatic N) is 1. The van der Waals surface area contributed by atoms with Crippen molar-refractivity contribution in [2.24, 2.45) is 0 Å². The number of hydrogen-bond donors (Lipinski definition) is 1. The summed E-state index contributed by atoms with van der Waals surface area (Å²) in [4.78, 5) is 34.2. The fourth-order valence-electron chi connectivity index (χ4n) is 2.37. The maximum absolute atomic E-state index is 12.2. The molecular formula is C19H20N2O6. The quantitative estimate of drug-likeness (QED) is 0.433. The second-order valence-electron chi connectivity index (χ2n) is 5.72. The van der Waals surface area contributed by atoms with E-state index in [0.717, 1.165) is 11.6 Å². The maximum Gasteiger partial charge on any atom is 0.338 e.